The van der Waals surface area contributed by atoms with Crippen LogP contribution in [0.3, 0.4) is 0 Å². The molecule has 0 bridgehead atoms. The van der Waals surface area contributed by atoms with E-state index in [1.807, 2.05) is 6.07 Å². The number of esters is 1. The number of aliphatic hydroxyl groups excluding tert-OH is 3. The lowest BCUT2D eigenvalue weighted by molar-refractivity contribution is -0.304. The number of ether oxygens (including phenoxy) is 3. The van der Waals surface area contributed by atoms with Crippen molar-refractivity contribution in [2.75, 3.05) is 6.61 Å². The Kier molecular flexibility index (Phi) is 8.08. The second kappa shape index (κ2) is 10.1. The molecule has 1 aromatic carbocycles. The zero-order chi connectivity index (χ0) is 21.6. The average Bonchev–Trinajstić information content (AvgIpc) is 2.64. The molecule has 2 rings (SSSR count). The number of aliphatic carboxylic acids is 1. The first-order valence-electron chi connectivity index (χ1n) is 9.04. The predicted molar refractivity (Wildman–Crippen MR) is 96.4 cm³/mol. The summed E-state index contributed by atoms with van der Waals surface area (Å²) in [6.45, 7) is 0.774. The van der Waals surface area contributed by atoms with Gasteiger partial charge in [-0.05, 0) is 12.5 Å². The van der Waals surface area contributed by atoms with E-state index >= 15 is 0 Å². The van der Waals surface area contributed by atoms with Gasteiger partial charge in [0.2, 0.25) is 0 Å². The Morgan fingerprint density at radius 3 is 2.34 bits per heavy atom. The van der Waals surface area contributed by atoms with Crippen molar-refractivity contribution in [2.24, 2.45) is 0 Å². The maximum atomic E-state index is 11.9. The molecule has 0 radical (unpaired) electrons. The molecule has 1 aliphatic rings. The molecule has 0 spiro atoms. The van der Waals surface area contributed by atoms with E-state index in [4.69, 9.17) is 19.3 Å². The monoisotopic (exact) mass is 414 g/mol. The van der Waals surface area contributed by atoms with E-state index in [1.54, 1.807) is 24.3 Å². The van der Waals surface area contributed by atoms with Crippen LogP contribution in [0.4, 0.5) is 0 Å². The molecule has 0 unspecified atom stereocenters. The Bertz CT molecular complexity index is 677. The molecule has 10 nitrogen and oxygen atoms in total. The van der Waals surface area contributed by atoms with Gasteiger partial charge in [0.1, 0.15) is 31.0 Å². The lowest BCUT2D eigenvalue weighted by Gasteiger charge is -2.40. The molecule has 0 saturated carbocycles. The van der Waals surface area contributed by atoms with Gasteiger partial charge in [-0.25, -0.2) is 0 Å². The van der Waals surface area contributed by atoms with Crippen LogP contribution in [0.2, 0.25) is 0 Å². The van der Waals surface area contributed by atoms with Crippen LogP contribution in [0, 0.1) is 0 Å². The Hall–Kier alpha value is -2.08. The highest BCUT2D eigenvalue weighted by molar-refractivity contribution is 5.73. The first-order chi connectivity index (χ1) is 13.6. The minimum atomic E-state index is -1.80. The molecule has 1 saturated heterocycles. The van der Waals surface area contributed by atoms with Gasteiger partial charge < -0.3 is 39.7 Å². The summed E-state index contributed by atoms with van der Waals surface area (Å²) < 4.78 is 15.8. The molecule has 0 aromatic heterocycles. The van der Waals surface area contributed by atoms with Crippen LogP contribution in [0.5, 0.6) is 0 Å². The van der Waals surface area contributed by atoms with Crippen molar-refractivity contribution >= 4 is 11.9 Å². The molecule has 1 fully saturated rings. The van der Waals surface area contributed by atoms with Gasteiger partial charge in [0.05, 0.1) is 25.0 Å². The van der Waals surface area contributed by atoms with Gasteiger partial charge in [-0.15, -0.1) is 0 Å². The average molecular weight is 414 g/mol. The maximum Gasteiger partial charge on any atom is 0.308 e. The molecule has 5 N–H and O–H groups in total. The minimum Gasteiger partial charge on any atom is -0.481 e. The van der Waals surface area contributed by atoms with Gasteiger partial charge in [0, 0.05) is 0 Å². The number of benzene rings is 1. The highest BCUT2D eigenvalue weighted by Crippen LogP contribution is 2.24. The fraction of sp³-hybridized carbons (Fsp3) is 0.579. The first-order valence-corrected chi connectivity index (χ1v) is 9.04. The summed E-state index contributed by atoms with van der Waals surface area (Å²) in [5, 5.41) is 48.8. The van der Waals surface area contributed by atoms with Crippen molar-refractivity contribution in [1.29, 1.82) is 0 Å². The van der Waals surface area contributed by atoms with Gasteiger partial charge in [-0.2, -0.15) is 0 Å². The van der Waals surface area contributed by atoms with Gasteiger partial charge in [-0.3, -0.25) is 9.59 Å². The van der Waals surface area contributed by atoms with Crippen LogP contribution < -0.4 is 0 Å². The van der Waals surface area contributed by atoms with Crippen LogP contribution in [0.15, 0.2) is 30.3 Å². The Labute approximate surface area is 167 Å². The molecule has 1 aromatic rings. The summed E-state index contributed by atoms with van der Waals surface area (Å²) in [6, 6.07) is 9.02. The molecule has 6 atom stereocenters. The van der Waals surface area contributed by atoms with Crippen molar-refractivity contribution in [3.05, 3.63) is 35.9 Å². The number of hydrogen-bond donors (Lipinski definition) is 5. The smallest absolute Gasteiger partial charge is 0.308 e. The molecule has 0 amide bonds. The van der Waals surface area contributed by atoms with E-state index < -0.39 is 67.7 Å². The van der Waals surface area contributed by atoms with Crippen LogP contribution >= 0.6 is 0 Å². The maximum absolute atomic E-state index is 11.9. The molecular weight excluding hydrogens is 388 g/mol. The SMILES string of the molecule is C[C@](O)(CC(=O)O)CC(=O)OC[C@@H]1O[C@@H](OCc2ccccc2)[C@@H](O)[C@@H](O)[C@H]1O. The van der Waals surface area contributed by atoms with Crippen molar-refractivity contribution in [3.8, 4) is 0 Å². The van der Waals surface area contributed by atoms with E-state index in [-0.39, 0.29) is 6.61 Å². The number of aliphatic hydroxyl groups is 4. The Morgan fingerprint density at radius 1 is 1.07 bits per heavy atom. The van der Waals surface area contributed by atoms with E-state index in [1.165, 1.54) is 6.92 Å². The minimum absolute atomic E-state index is 0.0793. The van der Waals surface area contributed by atoms with Crippen LogP contribution in [0.25, 0.3) is 0 Å². The molecular formula is C19H26O10. The predicted octanol–water partition coefficient (Wildman–Crippen LogP) is -0.830. The van der Waals surface area contributed by atoms with Crippen LogP contribution in [0.1, 0.15) is 25.3 Å². The van der Waals surface area contributed by atoms with Crippen molar-refractivity contribution in [2.45, 2.75) is 62.7 Å². The number of carbonyl (C=O) groups excluding carboxylic acids is 1. The fourth-order valence-electron chi connectivity index (χ4n) is 2.87. The van der Waals surface area contributed by atoms with Crippen molar-refractivity contribution in [3.63, 3.8) is 0 Å². The van der Waals surface area contributed by atoms with E-state index in [0.29, 0.717) is 0 Å². The second-order valence-corrected chi connectivity index (χ2v) is 7.24. The summed E-state index contributed by atoms with van der Waals surface area (Å²) in [7, 11) is 0. The summed E-state index contributed by atoms with van der Waals surface area (Å²) in [5.74, 6) is -2.18. The topological polar surface area (TPSA) is 163 Å². The Balaban J connectivity index is 1.90. The molecule has 1 heterocycles. The van der Waals surface area contributed by atoms with E-state index in [0.717, 1.165) is 5.56 Å². The zero-order valence-corrected chi connectivity index (χ0v) is 15.9. The van der Waals surface area contributed by atoms with Crippen LogP contribution in [-0.4, -0.2) is 80.4 Å². The van der Waals surface area contributed by atoms with Gasteiger partial charge >= 0.3 is 11.9 Å². The highest BCUT2D eigenvalue weighted by atomic mass is 16.7. The Morgan fingerprint density at radius 2 is 1.72 bits per heavy atom. The number of hydrogen-bond acceptors (Lipinski definition) is 9. The highest BCUT2D eigenvalue weighted by Gasteiger charge is 2.45. The molecule has 0 aliphatic carbocycles. The lowest BCUT2D eigenvalue weighted by atomic mass is 9.98. The van der Waals surface area contributed by atoms with Crippen molar-refractivity contribution < 1.29 is 49.3 Å². The largest absolute Gasteiger partial charge is 0.481 e. The molecule has 162 valence electrons. The summed E-state index contributed by atoms with van der Waals surface area (Å²) in [6.07, 6.45) is -8.35. The quantitative estimate of drug-likeness (QED) is 0.322. The van der Waals surface area contributed by atoms with Crippen molar-refractivity contribution in [1.82, 2.24) is 0 Å². The second-order valence-electron chi connectivity index (χ2n) is 7.24. The number of carboxylic acid groups (broad SMARTS) is 1. The third-order valence-corrected chi connectivity index (χ3v) is 4.39. The summed E-state index contributed by atoms with van der Waals surface area (Å²) >= 11 is 0. The lowest BCUT2D eigenvalue weighted by Crippen LogP contribution is -2.59. The fourth-order valence-corrected chi connectivity index (χ4v) is 2.87. The van der Waals surface area contributed by atoms with E-state index in [2.05, 4.69) is 0 Å². The molecule has 1 aliphatic heterocycles. The summed E-state index contributed by atoms with van der Waals surface area (Å²) in [4.78, 5) is 22.6. The number of carbonyl (C=O) groups is 2. The summed E-state index contributed by atoms with van der Waals surface area (Å²) in [5.41, 5.74) is -1.00. The van der Waals surface area contributed by atoms with Crippen LogP contribution in [-0.2, 0) is 30.4 Å². The number of carboxylic acids is 1. The number of rotatable bonds is 9. The zero-order valence-electron chi connectivity index (χ0n) is 15.9. The van der Waals surface area contributed by atoms with Gasteiger partial charge in [0.15, 0.2) is 6.29 Å². The normalized spacial score (nSPS) is 29.1. The third kappa shape index (κ3) is 7.03. The van der Waals surface area contributed by atoms with Gasteiger partial charge in [-0.1, -0.05) is 30.3 Å². The third-order valence-electron chi connectivity index (χ3n) is 4.39. The van der Waals surface area contributed by atoms with Gasteiger partial charge in [0.25, 0.3) is 0 Å². The van der Waals surface area contributed by atoms with E-state index in [9.17, 15) is 30.0 Å². The standard InChI is InChI=1S/C19H26O10/c1-19(26,7-13(20)21)8-14(22)27-10-12-15(23)16(24)17(25)18(29-12)28-9-11-5-3-2-4-6-11/h2-6,12,15-18,23-26H,7-10H2,1H3,(H,20,21)/t12-,15-,16-,17-,18+,19-/m0/s1. The molecule has 10 heteroatoms. The first kappa shape index (κ1) is 23.2. The molecule has 29 heavy (non-hydrogen) atoms.